The van der Waals surface area contributed by atoms with Crippen LogP contribution in [0.5, 0.6) is 5.75 Å². The molecule has 4 rings (SSSR count). The van der Waals surface area contributed by atoms with Crippen molar-refractivity contribution in [1.29, 1.82) is 0 Å². The predicted octanol–water partition coefficient (Wildman–Crippen LogP) is 2.66. The minimum absolute atomic E-state index is 0.107. The molecule has 0 spiro atoms. The molecule has 9 heteroatoms. The Morgan fingerprint density at radius 3 is 2.76 bits per heavy atom. The van der Waals surface area contributed by atoms with Crippen molar-refractivity contribution in [3.8, 4) is 5.75 Å². The Balaban J connectivity index is 1.99. The van der Waals surface area contributed by atoms with Crippen LogP contribution in [0.1, 0.15) is 12.8 Å². The van der Waals surface area contributed by atoms with Gasteiger partial charge in [0.2, 0.25) is 5.75 Å². The van der Waals surface area contributed by atoms with Crippen molar-refractivity contribution in [2.24, 2.45) is 13.0 Å². The van der Waals surface area contributed by atoms with Crippen molar-refractivity contribution in [2.75, 3.05) is 11.9 Å². The van der Waals surface area contributed by atoms with Gasteiger partial charge in [-0.15, -0.1) is 0 Å². The number of benzene rings is 1. The van der Waals surface area contributed by atoms with Crippen LogP contribution in [0.25, 0.3) is 10.9 Å². The number of halogens is 2. The first-order valence-corrected chi connectivity index (χ1v) is 7.88. The van der Waals surface area contributed by atoms with Crippen LogP contribution in [0.15, 0.2) is 23.0 Å². The SMILES string of the molecule is Cn1c(=O)c2c(c3cc([N+](=O)[O-])ccc31)N[C@@H](C1CC1)C(F)(F)CO2. The highest BCUT2D eigenvalue weighted by atomic mass is 19.3. The number of fused-ring (bicyclic) bond motifs is 3. The molecule has 1 aromatic carbocycles. The number of nitrogens with one attached hydrogen (secondary N) is 1. The normalized spacial score (nSPS) is 21.8. The number of alkyl halides is 2. The second kappa shape index (κ2) is 5.14. The van der Waals surface area contributed by atoms with Crippen LogP contribution < -0.4 is 15.6 Å². The number of aryl methyl sites for hydroxylation is 1. The Bertz CT molecular complexity index is 953. The molecule has 1 aliphatic carbocycles. The van der Waals surface area contributed by atoms with Gasteiger partial charge < -0.3 is 14.6 Å². The van der Waals surface area contributed by atoms with Crippen LogP contribution in [-0.4, -0.2) is 28.1 Å². The minimum atomic E-state index is -3.14. The lowest BCUT2D eigenvalue weighted by Crippen LogP contribution is -2.44. The molecular weight excluding hydrogens is 336 g/mol. The number of aromatic nitrogens is 1. The summed E-state index contributed by atoms with van der Waals surface area (Å²) in [5, 5.41) is 14.2. The maximum atomic E-state index is 14.4. The fraction of sp³-hybridized carbons (Fsp3) is 0.438. The Labute approximate surface area is 140 Å². The van der Waals surface area contributed by atoms with E-state index in [9.17, 15) is 23.7 Å². The van der Waals surface area contributed by atoms with Crippen LogP contribution in [0, 0.1) is 16.0 Å². The molecule has 1 fully saturated rings. The van der Waals surface area contributed by atoms with E-state index in [-0.39, 0.29) is 23.0 Å². The summed E-state index contributed by atoms with van der Waals surface area (Å²) in [5.41, 5.74) is -0.230. The molecule has 132 valence electrons. The number of non-ortho nitro benzene ring substituents is 1. The van der Waals surface area contributed by atoms with E-state index in [1.807, 2.05) is 0 Å². The van der Waals surface area contributed by atoms with Gasteiger partial charge in [0.25, 0.3) is 11.2 Å². The minimum Gasteiger partial charge on any atom is -0.480 e. The van der Waals surface area contributed by atoms with Crippen LogP contribution in [0.2, 0.25) is 0 Å². The largest absolute Gasteiger partial charge is 0.480 e. The highest BCUT2D eigenvalue weighted by Crippen LogP contribution is 2.45. The molecule has 1 N–H and O–H groups in total. The molecular formula is C16H15F2N3O4. The molecule has 7 nitrogen and oxygen atoms in total. The van der Waals surface area contributed by atoms with Crippen LogP contribution in [0.4, 0.5) is 20.2 Å². The number of ether oxygens (including phenoxy) is 1. The zero-order valence-corrected chi connectivity index (χ0v) is 13.3. The molecule has 2 aliphatic rings. The molecule has 0 saturated heterocycles. The van der Waals surface area contributed by atoms with Gasteiger partial charge in [-0.1, -0.05) is 0 Å². The van der Waals surface area contributed by atoms with Crippen molar-refractivity contribution < 1.29 is 18.4 Å². The molecule has 2 heterocycles. The van der Waals surface area contributed by atoms with Gasteiger partial charge in [0, 0.05) is 24.6 Å². The van der Waals surface area contributed by atoms with Crippen LogP contribution >= 0.6 is 0 Å². The van der Waals surface area contributed by atoms with Gasteiger partial charge in [0.1, 0.15) is 0 Å². The quantitative estimate of drug-likeness (QED) is 0.664. The molecule has 1 atom stereocenters. The lowest BCUT2D eigenvalue weighted by atomic mass is 10.0. The summed E-state index contributed by atoms with van der Waals surface area (Å²) in [6, 6.07) is 2.82. The van der Waals surface area contributed by atoms with Crippen molar-refractivity contribution in [2.45, 2.75) is 24.8 Å². The van der Waals surface area contributed by atoms with Crippen molar-refractivity contribution in [3.05, 3.63) is 38.7 Å². The van der Waals surface area contributed by atoms with Crippen molar-refractivity contribution >= 4 is 22.3 Å². The number of hydrogen-bond donors (Lipinski definition) is 1. The van der Waals surface area contributed by atoms with Gasteiger partial charge >= 0.3 is 5.92 Å². The smallest absolute Gasteiger partial charge is 0.301 e. The van der Waals surface area contributed by atoms with E-state index in [0.717, 1.165) is 0 Å². The van der Waals surface area contributed by atoms with Crippen molar-refractivity contribution in [3.63, 3.8) is 0 Å². The third-order valence-corrected chi connectivity index (χ3v) is 4.80. The molecule has 0 bridgehead atoms. The Kier molecular flexibility index (Phi) is 3.25. The van der Waals surface area contributed by atoms with E-state index in [0.29, 0.717) is 23.7 Å². The van der Waals surface area contributed by atoms with E-state index in [1.165, 1.54) is 29.8 Å². The zero-order chi connectivity index (χ0) is 17.9. The second-order valence-electron chi connectivity index (χ2n) is 6.54. The molecule has 1 aliphatic heterocycles. The molecule has 0 amide bonds. The fourth-order valence-corrected chi connectivity index (χ4v) is 3.31. The number of nitro benzene ring substituents is 1. The van der Waals surface area contributed by atoms with Crippen LogP contribution in [-0.2, 0) is 7.05 Å². The number of anilines is 1. The molecule has 25 heavy (non-hydrogen) atoms. The van der Waals surface area contributed by atoms with Crippen molar-refractivity contribution in [1.82, 2.24) is 4.57 Å². The second-order valence-corrected chi connectivity index (χ2v) is 6.54. The maximum Gasteiger partial charge on any atom is 0.301 e. The zero-order valence-electron chi connectivity index (χ0n) is 13.3. The number of nitro groups is 1. The summed E-state index contributed by atoms with van der Waals surface area (Å²) < 4.78 is 35.3. The van der Waals surface area contributed by atoms with Gasteiger partial charge in [-0.3, -0.25) is 14.9 Å². The Hall–Kier alpha value is -2.71. The third kappa shape index (κ3) is 2.41. The first-order valence-electron chi connectivity index (χ1n) is 7.88. The van der Waals surface area contributed by atoms with E-state index in [1.54, 1.807) is 0 Å². The summed E-state index contributed by atoms with van der Waals surface area (Å²) in [6.45, 7) is -0.899. The summed E-state index contributed by atoms with van der Waals surface area (Å²) >= 11 is 0. The number of rotatable bonds is 2. The molecule has 1 saturated carbocycles. The Morgan fingerprint density at radius 2 is 2.12 bits per heavy atom. The number of hydrogen-bond acceptors (Lipinski definition) is 5. The maximum absolute atomic E-state index is 14.4. The van der Waals surface area contributed by atoms with E-state index >= 15 is 0 Å². The van der Waals surface area contributed by atoms with Gasteiger partial charge in [-0.05, 0) is 24.8 Å². The van der Waals surface area contributed by atoms with Gasteiger partial charge in [0.15, 0.2) is 6.61 Å². The number of nitrogens with zero attached hydrogens (tertiary/aromatic N) is 2. The van der Waals surface area contributed by atoms with Gasteiger partial charge in [-0.25, -0.2) is 8.78 Å². The van der Waals surface area contributed by atoms with Gasteiger partial charge in [0.05, 0.1) is 22.2 Å². The molecule has 0 radical (unpaired) electrons. The molecule has 1 aromatic heterocycles. The average Bonchev–Trinajstić information content (AvgIpc) is 3.39. The lowest BCUT2D eigenvalue weighted by Gasteiger charge is -2.25. The first kappa shape index (κ1) is 15.8. The topological polar surface area (TPSA) is 86.4 Å². The average molecular weight is 351 g/mol. The summed E-state index contributed by atoms with van der Waals surface area (Å²) in [6.07, 6.45) is 1.34. The van der Waals surface area contributed by atoms with E-state index < -0.39 is 29.1 Å². The number of pyridine rings is 1. The van der Waals surface area contributed by atoms with E-state index in [2.05, 4.69) is 5.32 Å². The highest BCUT2D eigenvalue weighted by molar-refractivity contribution is 5.96. The monoisotopic (exact) mass is 351 g/mol. The summed E-state index contributed by atoms with van der Waals surface area (Å²) in [5.74, 6) is -3.57. The molecule has 2 aromatic rings. The Morgan fingerprint density at radius 1 is 1.40 bits per heavy atom. The van der Waals surface area contributed by atoms with Gasteiger partial charge in [-0.2, -0.15) is 0 Å². The fourth-order valence-electron chi connectivity index (χ4n) is 3.31. The first-order chi connectivity index (χ1) is 11.8. The molecule has 0 unspecified atom stereocenters. The summed E-state index contributed by atoms with van der Waals surface area (Å²) in [7, 11) is 1.47. The van der Waals surface area contributed by atoms with Crippen LogP contribution in [0.3, 0.4) is 0 Å². The standard InChI is InChI=1S/C16H15F2N3O4/c1-20-11-5-4-9(21(23)24)6-10(11)12-13(15(20)22)25-7-16(17,18)14(19-12)8-2-3-8/h4-6,8,14,19H,2-3,7H2,1H3/t14-/m0/s1. The highest BCUT2D eigenvalue weighted by Gasteiger charge is 2.51. The third-order valence-electron chi connectivity index (χ3n) is 4.80. The predicted molar refractivity (Wildman–Crippen MR) is 86.4 cm³/mol. The van der Waals surface area contributed by atoms with E-state index in [4.69, 9.17) is 4.74 Å². The summed E-state index contributed by atoms with van der Waals surface area (Å²) in [4.78, 5) is 23.0. The lowest BCUT2D eigenvalue weighted by molar-refractivity contribution is -0.384.